The number of likely N-dealkylation sites (tertiary alicyclic amines) is 1. The third kappa shape index (κ3) is 3.52. The topological polar surface area (TPSA) is 63.4 Å². The zero-order valence-corrected chi connectivity index (χ0v) is 11.8. The second kappa shape index (κ2) is 5.56. The number of nitrogens with zero attached hydrogens (tertiary/aromatic N) is 1. The van der Waals surface area contributed by atoms with Crippen molar-refractivity contribution in [3.63, 3.8) is 0 Å². The Kier molecular flexibility index (Phi) is 4.23. The highest BCUT2D eigenvalue weighted by molar-refractivity contribution is 7.89. The fourth-order valence-electron chi connectivity index (χ4n) is 2.50. The maximum atomic E-state index is 13.2. The molecule has 1 fully saturated rings. The minimum absolute atomic E-state index is 0.0422. The van der Waals surface area contributed by atoms with Crippen LogP contribution in [0, 0.1) is 11.7 Å². The van der Waals surface area contributed by atoms with Crippen LogP contribution in [-0.4, -0.2) is 33.0 Å². The molecule has 0 amide bonds. The van der Waals surface area contributed by atoms with Crippen molar-refractivity contribution in [3.8, 4) is 0 Å². The largest absolute Gasteiger partial charge is 0.303 e. The molecule has 19 heavy (non-hydrogen) atoms. The molecular formula is C13H19FN2O2S. The summed E-state index contributed by atoms with van der Waals surface area (Å²) in [5.41, 5.74) is 0.484. The van der Waals surface area contributed by atoms with Crippen molar-refractivity contribution >= 4 is 10.0 Å². The van der Waals surface area contributed by atoms with E-state index in [4.69, 9.17) is 5.14 Å². The number of primary sulfonamides is 1. The van der Waals surface area contributed by atoms with E-state index in [1.54, 1.807) is 0 Å². The summed E-state index contributed by atoms with van der Waals surface area (Å²) in [6.07, 6.45) is 1.41. The molecule has 2 N–H and O–H groups in total. The summed E-state index contributed by atoms with van der Waals surface area (Å²) < 4.78 is 36.1. The van der Waals surface area contributed by atoms with Crippen LogP contribution in [0.2, 0.25) is 0 Å². The molecule has 4 nitrogen and oxygen atoms in total. The Morgan fingerprint density at radius 3 is 2.68 bits per heavy atom. The van der Waals surface area contributed by atoms with Crippen molar-refractivity contribution in [1.29, 1.82) is 0 Å². The maximum absolute atomic E-state index is 13.2. The first-order valence-corrected chi connectivity index (χ1v) is 7.98. The number of nitrogens with two attached hydrogens (primary N) is 1. The van der Waals surface area contributed by atoms with Gasteiger partial charge in [-0.1, -0.05) is 6.92 Å². The molecule has 0 bridgehead atoms. The van der Waals surface area contributed by atoms with Crippen LogP contribution in [-0.2, 0) is 16.4 Å². The molecule has 1 aliphatic rings. The van der Waals surface area contributed by atoms with Crippen LogP contribution in [0.3, 0.4) is 0 Å². The van der Waals surface area contributed by atoms with Crippen molar-refractivity contribution in [3.05, 3.63) is 29.6 Å². The Morgan fingerprint density at radius 1 is 1.42 bits per heavy atom. The Hall–Kier alpha value is -0.980. The first-order chi connectivity index (χ1) is 8.90. The molecule has 1 heterocycles. The summed E-state index contributed by atoms with van der Waals surface area (Å²) in [6.45, 7) is 5.23. The summed E-state index contributed by atoms with van der Waals surface area (Å²) in [6, 6.07) is 3.65. The van der Waals surface area contributed by atoms with Crippen molar-refractivity contribution in [2.75, 3.05) is 19.6 Å². The Labute approximate surface area is 113 Å². The first kappa shape index (κ1) is 14.4. The van der Waals surface area contributed by atoms with E-state index < -0.39 is 15.8 Å². The standard InChI is InChI=1S/C13H19FN2O2S/c1-2-16-8-10(9-16)3-4-11-7-12(14)5-6-13(11)19(15,17)18/h5-7,10H,2-4,8-9H2,1H3,(H2,15,17,18). The van der Waals surface area contributed by atoms with Crippen molar-refractivity contribution in [1.82, 2.24) is 4.90 Å². The van der Waals surface area contributed by atoms with Gasteiger partial charge in [0.2, 0.25) is 10.0 Å². The van der Waals surface area contributed by atoms with Gasteiger partial charge in [-0.2, -0.15) is 0 Å². The second-order valence-electron chi connectivity index (χ2n) is 5.05. The highest BCUT2D eigenvalue weighted by Gasteiger charge is 2.25. The van der Waals surface area contributed by atoms with Crippen LogP contribution in [0.5, 0.6) is 0 Å². The quantitative estimate of drug-likeness (QED) is 0.889. The molecular weight excluding hydrogens is 267 g/mol. The minimum atomic E-state index is -3.78. The SMILES string of the molecule is CCN1CC(CCc2cc(F)ccc2S(N)(=O)=O)C1. The molecule has 2 rings (SSSR count). The Bertz CT molecular complexity index is 554. The van der Waals surface area contributed by atoms with E-state index in [1.165, 1.54) is 12.1 Å². The molecule has 1 aromatic carbocycles. The molecule has 0 saturated carbocycles. The molecule has 0 unspecified atom stereocenters. The van der Waals surface area contributed by atoms with E-state index in [9.17, 15) is 12.8 Å². The molecule has 1 aliphatic heterocycles. The average Bonchev–Trinajstić information content (AvgIpc) is 2.25. The maximum Gasteiger partial charge on any atom is 0.238 e. The zero-order chi connectivity index (χ0) is 14.0. The molecule has 6 heteroatoms. The third-order valence-electron chi connectivity index (χ3n) is 3.63. The van der Waals surface area contributed by atoms with Gasteiger partial charge in [-0.3, -0.25) is 0 Å². The number of hydrogen-bond donors (Lipinski definition) is 1. The number of benzene rings is 1. The molecule has 106 valence electrons. The van der Waals surface area contributed by atoms with E-state index in [0.29, 0.717) is 17.9 Å². The van der Waals surface area contributed by atoms with Gasteiger partial charge >= 0.3 is 0 Å². The number of sulfonamides is 1. The number of halogens is 1. The lowest BCUT2D eigenvalue weighted by Gasteiger charge is -2.38. The van der Waals surface area contributed by atoms with Crippen LogP contribution in [0.15, 0.2) is 23.1 Å². The van der Waals surface area contributed by atoms with Crippen LogP contribution in [0.25, 0.3) is 0 Å². The normalized spacial score (nSPS) is 17.4. The van der Waals surface area contributed by atoms with E-state index in [-0.39, 0.29) is 4.90 Å². The van der Waals surface area contributed by atoms with E-state index in [1.807, 2.05) is 0 Å². The van der Waals surface area contributed by atoms with Crippen LogP contribution in [0.1, 0.15) is 18.9 Å². The average molecular weight is 286 g/mol. The minimum Gasteiger partial charge on any atom is -0.303 e. The predicted octanol–water partition coefficient (Wildman–Crippen LogP) is 1.36. The van der Waals surface area contributed by atoms with Gasteiger partial charge in [0.1, 0.15) is 5.82 Å². The lowest BCUT2D eigenvalue weighted by atomic mass is 9.92. The fraction of sp³-hybridized carbons (Fsp3) is 0.538. The fourth-order valence-corrected chi connectivity index (χ4v) is 3.28. The van der Waals surface area contributed by atoms with Gasteiger partial charge in [0.05, 0.1) is 4.90 Å². The number of aryl methyl sites for hydroxylation is 1. The molecule has 1 aromatic rings. The molecule has 0 radical (unpaired) electrons. The van der Waals surface area contributed by atoms with Gasteiger partial charge in [0.15, 0.2) is 0 Å². The highest BCUT2D eigenvalue weighted by Crippen LogP contribution is 2.23. The van der Waals surface area contributed by atoms with E-state index in [2.05, 4.69) is 11.8 Å². The van der Waals surface area contributed by atoms with E-state index >= 15 is 0 Å². The monoisotopic (exact) mass is 286 g/mol. The highest BCUT2D eigenvalue weighted by atomic mass is 32.2. The van der Waals surface area contributed by atoms with Gasteiger partial charge in [-0.05, 0) is 49.1 Å². The Morgan fingerprint density at radius 2 is 2.11 bits per heavy atom. The zero-order valence-electron chi connectivity index (χ0n) is 11.0. The van der Waals surface area contributed by atoms with Gasteiger partial charge in [-0.25, -0.2) is 17.9 Å². The van der Waals surface area contributed by atoms with Crippen LogP contribution >= 0.6 is 0 Å². The van der Waals surface area contributed by atoms with Gasteiger partial charge in [0.25, 0.3) is 0 Å². The lowest BCUT2D eigenvalue weighted by molar-refractivity contribution is 0.101. The molecule has 0 aromatic heterocycles. The van der Waals surface area contributed by atoms with Gasteiger partial charge in [0, 0.05) is 13.1 Å². The van der Waals surface area contributed by atoms with Crippen molar-refractivity contribution in [2.24, 2.45) is 11.1 Å². The number of rotatable bonds is 5. The summed E-state index contributed by atoms with van der Waals surface area (Å²) in [5, 5.41) is 5.15. The molecule has 0 atom stereocenters. The van der Waals surface area contributed by atoms with Gasteiger partial charge in [-0.15, -0.1) is 0 Å². The molecule has 0 aliphatic carbocycles. The van der Waals surface area contributed by atoms with Crippen LogP contribution < -0.4 is 5.14 Å². The summed E-state index contributed by atoms with van der Waals surface area (Å²) in [4.78, 5) is 2.36. The smallest absolute Gasteiger partial charge is 0.238 e. The summed E-state index contributed by atoms with van der Waals surface area (Å²) in [7, 11) is -3.78. The Balaban J connectivity index is 2.05. The first-order valence-electron chi connectivity index (χ1n) is 6.43. The summed E-state index contributed by atoms with van der Waals surface area (Å²) in [5.74, 6) is 0.141. The van der Waals surface area contributed by atoms with Crippen molar-refractivity contribution < 1.29 is 12.8 Å². The second-order valence-corrected chi connectivity index (χ2v) is 6.58. The lowest BCUT2D eigenvalue weighted by Crippen LogP contribution is -2.46. The molecule has 0 spiro atoms. The van der Waals surface area contributed by atoms with Gasteiger partial charge < -0.3 is 4.90 Å². The predicted molar refractivity (Wildman–Crippen MR) is 71.7 cm³/mol. The number of hydrogen-bond acceptors (Lipinski definition) is 3. The summed E-state index contributed by atoms with van der Waals surface area (Å²) >= 11 is 0. The molecule has 1 saturated heterocycles. The third-order valence-corrected chi connectivity index (χ3v) is 4.64. The van der Waals surface area contributed by atoms with Crippen LogP contribution in [0.4, 0.5) is 4.39 Å². The van der Waals surface area contributed by atoms with Crippen molar-refractivity contribution in [2.45, 2.75) is 24.7 Å². The van der Waals surface area contributed by atoms with E-state index in [0.717, 1.165) is 32.1 Å².